The maximum atomic E-state index is 12.8. The summed E-state index contributed by atoms with van der Waals surface area (Å²) in [5, 5.41) is 16.7. The number of hydrogen-bond acceptors (Lipinski definition) is 5. The number of nitrogens with one attached hydrogen (secondary N) is 1. The van der Waals surface area contributed by atoms with Crippen molar-refractivity contribution in [3.05, 3.63) is 74.7 Å². The topological polar surface area (TPSA) is 95.0 Å². The van der Waals surface area contributed by atoms with Gasteiger partial charge in [0.1, 0.15) is 5.52 Å². The minimum Gasteiger partial charge on any atom is -0.311 e. The predicted molar refractivity (Wildman–Crippen MR) is 99.3 cm³/mol. The monoisotopic (exact) mass is 349 g/mol. The van der Waals surface area contributed by atoms with Crippen LogP contribution in [0.15, 0.2) is 53.3 Å². The summed E-state index contributed by atoms with van der Waals surface area (Å²) < 4.78 is 1.61. The molecule has 8 heteroatoms. The smallest absolute Gasteiger partial charge is 0.269 e. The number of aromatic nitrogens is 3. The quantitative estimate of drug-likeness (QED) is 0.453. The van der Waals surface area contributed by atoms with Gasteiger partial charge in [-0.25, -0.2) is 0 Å². The molecule has 0 aliphatic carbocycles. The van der Waals surface area contributed by atoms with Gasteiger partial charge in [-0.1, -0.05) is 18.2 Å². The lowest BCUT2D eigenvalue weighted by atomic mass is 10.1. The number of pyridine rings is 1. The molecular weight excluding hydrogens is 334 g/mol. The number of nitro benzene ring substituents is 1. The van der Waals surface area contributed by atoms with Crippen molar-refractivity contribution in [1.29, 1.82) is 0 Å². The Bertz CT molecular complexity index is 1220. The van der Waals surface area contributed by atoms with Gasteiger partial charge in [-0.2, -0.15) is 9.89 Å². The molecule has 2 aromatic carbocycles. The molecule has 0 saturated heterocycles. The molecule has 2 heterocycles. The minimum absolute atomic E-state index is 0.0118. The number of para-hydroxylation sites is 1. The summed E-state index contributed by atoms with van der Waals surface area (Å²) in [4.78, 5) is 24.6. The third-order valence-electron chi connectivity index (χ3n) is 4.47. The lowest BCUT2D eigenvalue weighted by molar-refractivity contribution is -0.384. The summed E-state index contributed by atoms with van der Waals surface area (Å²) >= 11 is 0. The summed E-state index contributed by atoms with van der Waals surface area (Å²) in [6, 6.07) is 13.6. The van der Waals surface area contributed by atoms with Crippen LogP contribution in [0.4, 0.5) is 11.4 Å². The van der Waals surface area contributed by atoms with Crippen LogP contribution in [0, 0.1) is 17.0 Å². The van der Waals surface area contributed by atoms with E-state index in [4.69, 9.17) is 0 Å². The number of benzene rings is 2. The molecule has 1 N–H and O–H groups in total. The van der Waals surface area contributed by atoms with E-state index in [9.17, 15) is 14.9 Å². The van der Waals surface area contributed by atoms with Crippen molar-refractivity contribution in [2.45, 2.75) is 6.92 Å². The molecule has 8 nitrogen and oxygen atoms in total. The summed E-state index contributed by atoms with van der Waals surface area (Å²) in [5.74, 6) is 0. The van der Waals surface area contributed by atoms with E-state index in [1.54, 1.807) is 23.7 Å². The van der Waals surface area contributed by atoms with E-state index < -0.39 is 4.92 Å². The summed E-state index contributed by atoms with van der Waals surface area (Å²) in [6.07, 6.45) is 0. The van der Waals surface area contributed by atoms with Crippen molar-refractivity contribution in [2.75, 3.05) is 5.43 Å². The Morgan fingerprint density at radius 1 is 1.12 bits per heavy atom. The number of anilines is 1. The van der Waals surface area contributed by atoms with Gasteiger partial charge in [-0.15, -0.1) is 0 Å². The van der Waals surface area contributed by atoms with Crippen molar-refractivity contribution in [1.82, 2.24) is 14.5 Å². The Morgan fingerprint density at radius 2 is 1.81 bits per heavy atom. The largest absolute Gasteiger partial charge is 0.311 e. The molecule has 0 radical (unpaired) electrons. The molecule has 0 amide bonds. The molecule has 0 unspecified atom stereocenters. The van der Waals surface area contributed by atoms with Gasteiger partial charge in [0.05, 0.1) is 27.2 Å². The first-order valence-electron chi connectivity index (χ1n) is 7.96. The number of aryl methyl sites for hydroxylation is 2. The zero-order valence-electron chi connectivity index (χ0n) is 14.1. The molecule has 26 heavy (non-hydrogen) atoms. The molecular formula is C18H15N5O3. The zero-order valence-corrected chi connectivity index (χ0v) is 14.1. The van der Waals surface area contributed by atoms with Gasteiger partial charge in [0.2, 0.25) is 0 Å². The van der Waals surface area contributed by atoms with Crippen molar-refractivity contribution in [2.24, 2.45) is 7.05 Å². The standard InChI is InChI=1S/C18H15N5O3/c1-11-16-17(14-5-3-4-6-15(14)21(2)18(16)24)20-22(11)19-12-7-9-13(10-8-12)23(25)26/h3-10,19H,1-2H3. The van der Waals surface area contributed by atoms with Crippen LogP contribution in [-0.2, 0) is 7.05 Å². The second-order valence-electron chi connectivity index (χ2n) is 6.02. The third-order valence-corrected chi connectivity index (χ3v) is 4.47. The highest BCUT2D eigenvalue weighted by atomic mass is 16.6. The molecule has 4 rings (SSSR count). The summed E-state index contributed by atoms with van der Waals surface area (Å²) in [7, 11) is 1.74. The molecule has 0 aliphatic rings. The SMILES string of the molecule is Cc1c2c(=O)n(C)c3ccccc3c2nn1Nc1ccc([N+](=O)[O-])cc1. The van der Waals surface area contributed by atoms with E-state index in [0.29, 0.717) is 22.3 Å². The number of rotatable bonds is 3. The van der Waals surface area contributed by atoms with E-state index in [0.717, 1.165) is 10.9 Å². The molecule has 0 saturated carbocycles. The fraction of sp³-hybridized carbons (Fsp3) is 0.111. The van der Waals surface area contributed by atoms with Gasteiger partial charge in [0, 0.05) is 24.6 Å². The van der Waals surface area contributed by atoms with Gasteiger partial charge in [0.25, 0.3) is 11.2 Å². The Kier molecular flexibility index (Phi) is 3.47. The van der Waals surface area contributed by atoms with E-state index in [-0.39, 0.29) is 11.2 Å². The number of fused-ring (bicyclic) bond motifs is 3. The molecule has 4 aromatic rings. The Hall–Kier alpha value is -3.68. The highest BCUT2D eigenvalue weighted by Crippen LogP contribution is 2.24. The maximum absolute atomic E-state index is 12.8. The second kappa shape index (κ2) is 5.69. The zero-order chi connectivity index (χ0) is 18.4. The number of hydrogen-bond donors (Lipinski definition) is 1. The second-order valence-corrected chi connectivity index (χ2v) is 6.02. The van der Waals surface area contributed by atoms with Crippen LogP contribution in [0.1, 0.15) is 5.69 Å². The van der Waals surface area contributed by atoms with Crippen LogP contribution in [-0.4, -0.2) is 19.4 Å². The number of non-ortho nitro benzene ring substituents is 1. The van der Waals surface area contributed by atoms with Gasteiger partial charge in [-0.05, 0) is 25.1 Å². The average Bonchev–Trinajstić information content (AvgIpc) is 2.97. The van der Waals surface area contributed by atoms with Crippen molar-refractivity contribution >= 4 is 33.2 Å². The lowest BCUT2D eigenvalue weighted by Crippen LogP contribution is -2.18. The first kappa shape index (κ1) is 15.8. The fourth-order valence-corrected chi connectivity index (χ4v) is 3.08. The van der Waals surface area contributed by atoms with E-state index >= 15 is 0 Å². The first-order chi connectivity index (χ1) is 12.5. The van der Waals surface area contributed by atoms with Gasteiger partial charge in [-0.3, -0.25) is 20.3 Å². The summed E-state index contributed by atoms with van der Waals surface area (Å²) in [6.45, 7) is 1.81. The first-order valence-corrected chi connectivity index (χ1v) is 7.96. The molecule has 0 bridgehead atoms. The molecule has 0 aliphatic heterocycles. The van der Waals surface area contributed by atoms with Crippen LogP contribution in [0.5, 0.6) is 0 Å². The van der Waals surface area contributed by atoms with Crippen LogP contribution in [0.25, 0.3) is 21.8 Å². The Labute approximate surface area is 147 Å². The van der Waals surface area contributed by atoms with Crippen molar-refractivity contribution in [3.8, 4) is 0 Å². The van der Waals surface area contributed by atoms with Crippen LogP contribution >= 0.6 is 0 Å². The van der Waals surface area contributed by atoms with Gasteiger partial charge >= 0.3 is 0 Å². The normalized spacial score (nSPS) is 11.2. The highest BCUT2D eigenvalue weighted by Gasteiger charge is 2.16. The minimum atomic E-state index is -0.451. The number of nitro groups is 1. The van der Waals surface area contributed by atoms with Crippen molar-refractivity contribution < 1.29 is 4.92 Å². The lowest BCUT2D eigenvalue weighted by Gasteiger charge is -2.07. The predicted octanol–water partition coefficient (Wildman–Crippen LogP) is 2.98. The molecule has 0 atom stereocenters. The van der Waals surface area contributed by atoms with E-state index in [2.05, 4.69) is 10.5 Å². The van der Waals surface area contributed by atoms with E-state index in [1.165, 1.54) is 16.9 Å². The fourth-order valence-electron chi connectivity index (χ4n) is 3.08. The maximum Gasteiger partial charge on any atom is 0.269 e. The Morgan fingerprint density at radius 3 is 2.50 bits per heavy atom. The van der Waals surface area contributed by atoms with Crippen LogP contribution in [0.2, 0.25) is 0 Å². The third kappa shape index (κ3) is 2.31. The Balaban J connectivity index is 1.88. The molecule has 0 spiro atoms. The molecule has 130 valence electrons. The molecule has 2 aromatic heterocycles. The summed E-state index contributed by atoms with van der Waals surface area (Å²) in [5.41, 5.74) is 5.70. The van der Waals surface area contributed by atoms with E-state index in [1.807, 2.05) is 31.2 Å². The molecule has 0 fully saturated rings. The average molecular weight is 349 g/mol. The highest BCUT2D eigenvalue weighted by molar-refractivity contribution is 6.04. The van der Waals surface area contributed by atoms with Crippen LogP contribution in [0.3, 0.4) is 0 Å². The van der Waals surface area contributed by atoms with Gasteiger partial charge < -0.3 is 4.57 Å². The van der Waals surface area contributed by atoms with Gasteiger partial charge in [0.15, 0.2) is 0 Å². The van der Waals surface area contributed by atoms with Crippen molar-refractivity contribution in [3.63, 3.8) is 0 Å². The van der Waals surface area contributed by atoms with Crippen LogP contribution < -0.4 is 11.0 Å². The number of nitrogens with zero attached hydrogens (tertiary/aromatic N) is 4.